The van der Waals surface area contributed by atoms with E-state index in [1.807, 2.05) is 31.5 Å². The van der Waals surface area contributed by atoms with Gasteiger partial charge in [0.15, 0.2) is 6.10 Å². The molecule has 9 heteroatoms. The standard InChI is InChI=1S/C25H34N2O5S2/c1-24(2,3)32-23(29)26-11-6-12-27-13-9-18(10-14-27)19(17-27)31-22(28)25(30,20-7-4-15-33-20)21-8-5-16-34-21/h4-5,7-8,15-16,18-19H,6,9-14,17H2,1-3H3,(H,26,29). The van der Waals surface area contributed by atoms with Gasteiger partial charge in [-0.05, 0) is 43.7 Å². The van der Waals surface area contributed by atoms with Gasteiger partial charge in [-0.3, -0.25) is 4.79 Å². The monoisotopic (exact) mass is 506 g/mol. The highest BCUT2D eigenvalue weighted by Crippen LogP contribution is 2.39. The van der Waals surface area contributed by atoms with Crippen LogP contribution in [0.15, 0.2) is 35.0 Å². The molecule has 7 nitrogen and oxygen atoms in total. The number of hydrogen-bond donors (Lipinski definition) is 1. The lowest BCUT2D eigenvalue weighted by Gasteiger charge is -2.52. The number of thiophene rings is 2. The van der Waals surface area contributed by atoms with Crippen molar-refractivity contribution in [2.45, 2.75) is 57.3 Å². The van der Waals surface area contributed by atoms with Crippen LogP contribution in [0.5, 0.6) is 0 Å². The largest absolute Gasteiger partial charge is 0.833 e. The Kier molecular flexibility index (Phi) is 7.38. The molecule has 0 spiro atoms. The average Bonchev–Trinajstić information content (AvgIpc) is 3.51. The molecule has 5 heterocycles. The SMILES string of the molecule is CC(C)(C)OC(=O)NCCC[N+]12CCC(CC1)C(OC(=O)C([O-])(c1cccs1)c1cccs1)C2. The number of quaternary nitrogens is 1. The summed E-state index contributed by atoms with van der Waals surface area (Å²) in [7, 11) is 0. The molecule has 1 N–H and O–H groups in total. The van der Waals surface area contributed by atoms with Gasteiger partial charge in [-0.1, -0.05) is 12.1 Å². The van der Waals surface area contributed by atoms with E-state index in [2.05, 4.69) is 5.32 Å². The lowest BCUT2D eigenvalue weighted by atomic mass is 9.83. The predicted molar refractivity (Wildman–Crippen MR) is 131 cm³/mol. The summed E-state index contributed by atoms with van der Waals surface area (Å²) in [5, 5.41) is 20.4. The van der Waals surface area contributed by atoms with Gasteiger partial charge in [0.1, 0.15) is 12.1 Å². The fraction of sp³-hybridized carbons (Fsp3) is 0.600. The molecule has 5 rings (SSSR count). The number of esters is 1. The molecule has 34 heavy (non-hydrogen) atoms. The third-order valence-corrected chi connectivity index (χ3v) is 8.74. The molecule has 3 saturated heterocycles. The summed E-state index contributed by atoms with van der Waals surface area (Å²) in [6, 6.07) is 7.04. The summed E-state index contributed by atoms with van der Waals surface area (Å²) in [4.78, 5) is 26.2. The van der Waals surface area contributed by atoms with Crippen molar-refractivity contribution < 1.29 is 28.7 Å². The minimum atomic E-state index is -2.02. The number of carbonyl (C=O) groups excluding carboxylic acids is 2. The Labute approximate surface area is 209 Å². The van der Waals surface area contributed by atoms with Crippen LogP contribution in [-0.2, 0) is 19.9 Å². The summed E-state index contributed by atoms with van der Waals surface area (Å²) in [6.45, 7) is 9.80. The minimum absolute atomic E-state index is 0.248. The summed E-state index contributed by atoms with van der Waals surface area (Å²) in [5.41, 5.74) is -2.53. The highest BCUT2D eigenvalue weighted by atomic mass is 32.1. The van der Waals surface area contributed by atoms with E-state index in [1.165, 1.54) is 22.7 Å². The zero-order valence-corrected chi connectivity index (χ0v) is 21.7. The first-order chi connectivity index (χ1) is 16.1. The van der Waals surface area contributed by atoms with Crippen LogP contribution in [0.3, 0.4) is 0 Å². The molecule has 0 aliphatic carbocycles. The third-order valence-electron chi connectivity index (χ3n) is 6.80. The Hall–Kier alpha value is -1.94. The quantitative estimate of drug-likeness (QED) is 0.337. The van der Waals surface area contributed by atoms with Gasteiger partial charge >= 0.3 is 12.1 Å². The van der Waals surface area contributed by atoms with Gasteiger partial charge < -0.3 is 24.4 Å². The number of fused-ring (bicyclic) bond motifs is 3. The van der Waals surface area contributed by atoms with Gasteiger partial charge in [0.05, 0.1) is 25.2 Å². The summed E-state index contributed by atoms with van der Waals surface area (Å²) in [5.74, 6) is -0.388. The number of alkyl carbamates (subject to hydrolysis) is 1. The van der Waals surface area contributed by atoms with Crippen molar-refractivity contribution in [3.8, 4) is 0 Å². The predicted octanol–water partition coefficient (Wildman–Crippen LogP) is 3.48. The molecule has 3 aliphatic heterocycles. The second-order valence-electron chi connectivity index (χ2n) is 10.4. The summed E-state index contributed by atoms with van der Waals surface area (Å²) >= 11 is 2.59. The van der Waals surface area contributed by atoms with Crippen molar-refractivity contribution in [3.63, 3.8) is 0 Å². The summed E-state index contributed by atoms with van der Waals surface area (Å²) in [6.07, 6.45) is 2.15. The number of ether oxygens (including phenoxy) is 2. The Bertz CT molecular complexity index is 926. The maximum atomic E-state index is 14.0. The smallest absolute Gasteiger partial charge is 0.407 e. The fourth-order valence-corrected chi connectivity index (χ4v) is 6.79. The second-order valence-corrected chi connectivity index (χ2v) is 12.3. The molecule has 0 aromatic carbocycles. The molecular weight excluding hydrogens is 472 g/mol. The first-order valence-corrected chi connectivity index (χ1v) is 13.7. The van der Waals surface area contributed by atoms with E-state index in [9.17, 15) is 14.7 Å². The van der Waals surface area contributed by atoms with Crippen molar-refractivity contribution in [1.82, 2.24) is 5.32 Å². The maximum Gasteiger partial charge on any atom is 0.407 e. The number of piperidine rings is 3. The molecule has 3 fully saturated rings. The zero-order valence-electron chi connectivity index (χ0n) is 20.1. The number of rotatable bonds is 8. The van der Waals surface area contributed by atoms with Gasteiger partial charge in [-0.25, -0.2) is 4.79 Å². The first kappa shape index (κ1) is 25.2. The molecule has 0 radical (unpaired) electrons. The second kappa shape index (κ2) is 9.97. The first-order valence-electron chi connectivity index (χ1n) is 11.9. The lowest BCUT2D eigenvalue weighted by molar-refractivity contribution is -0.946. The van der Waals surface area contributed by atoms with Crippen molar-refractivity contribution in [2.24, 2.45) is 5.92 Å². The van der Waals surface area contributed by atoms with Crippen molar-refractivity contribution in [1.29, 1.82) is 0 Å². The maximum absolute atomic E-state index is 14.0. The van der Waals surface area contributed by atoms with Gasteiger partial charge in [0, 0.05) is 41.5 Å². The van der Waals surface area contributed by atoms with E-state index in [1.54, 1.807) is 24.3 Å². The normalized spacial score (nSPS) is 24.6. The van der Waals surface area contributed by atoms with Crippen LogP contribution in [0, 0.1) is 5.92 Å². The van der Waals surface area contributed by atoms with Crippen LogP contribution in [0.1, 0.15) is 49.8 Å². The van der Waals surface area contributed by atoms with E-state index in [-0.39, 0.29) is 6.10 Å². The molecule has 0 saturated carbocycles. The van der Waals surface area contributed by atoms with Gasteiger partial charge in [0.2, 0.25) is 0 Å². The van der Waals surface area contributed by atoms with Crippen LogP contribution >= 0.6 is 22.7 Å². The van der Waals surface area contributed by atoms with Gasteiger partial charge in [-0.15, -0.1) is 22.7 Å². The van der Waals surface area contributed by atoms with Crippen LogP contribution in [0.4, 0.5) is 4.79 Å². The van der Waals surface area contributed by atoms with E-state index in [0.29, 0.717) is 22.2 Å². The number of nitrogens with zero attached hydrogens (tertiary/aromatic N) is 1. The van der Waals surface area contributed by atoms with Crippen LogP contribution in [0.2, 0.25) is 0 Å². The molecule has 2 aromatic rings. The zero-order chi connectivity index (χ0) is 24.4. The van der Waals surface area contributed by atoms with Crippen LogP contribution in [0.25, 0.3) is 0 Å². The van der Waals surface area contributed by atoms with E-state index >= 15 is 0 Å². The molecule has 1 atom stereocenters. The average molecular weight is 507 g/mol. The minimum Gasteiger partial charge on any atom is -0.833 e. The lowest BCUT2D eigenvalue weighted by Crippen LogP contribution is -2.65. The van der Waals surface area contributed by atoms with E-state index in [4.69, 9.17) is 9.47 Å². The summed E-state index contributed by atoms with van der Waals surface area (Å²) < 4.78 is 12.2. The van der Waals surface area contributed by atoms with Gasteiger partial charge in [0.25, 0.3) is 0 Å². The highest BCUT2D eigenvalue weighted by Gasteiger charge is 2.48. The van der Waals surface area contributed by atoms with Crippen molar-refractivity contribution >= 4 is 34.7 Å². The molecule has 3 aliphatic rings. The van der Waals surface area contributed by atoms with Crippen LogP contribution in [-0.4, -0.2) is 61.0 Å². The molecule has 2 aromatic heterocycles. The number of amides is 1. The topological polar surface area (TPSA) is 87.7 Å². The molecule has 186 valence electrons. The number of nitrogens with one attached hydrogen (secondary N) is 1. The highest BCUT2D eigenvalue weighted by molar-refractivity contribution is 7.12. The molecule has 1 amide bonds. The van der Waals surface area contributed by atoms with E-state index < -0.39 is 23.3 Å². The molecular formula is C25H34N2O5S2. The van der Waals surface area contributed by atoms with Crippen molar-refractivity contribution in [3.05, 3.63) is 44.8 Å². The molecule has 1 unspecified atom stereocenters. The Morgan fingerprint density at radius 2 is 1.74 bits per heavy atom. The Morgan fingerprint density at radius 1 is 1.12 bits per heavy atom. The number of carbonyl (C=O) groups is 2. The fourth-order valence-electron chi connectivity index (χ4n) is 5.09. The Balaban J connectivity index is 1.37. The number of hydrogen-bond acceptors (Lipinski definition) is 7. The van der Waals surface area contributed by atoms with Crippen LogP contribution < -0.4 is 10.4 Å². The third kappa shape index (κ3) is 5.48. The van der Waals surface area contributed by atoms with Crippen molar-refractivity contribution in [2.75, 3.05) is 32.7 Å². The van der Waals surface area contributed by atoms with E-state index in [0.717, 1.165) is 49.9 Å². The molecule has 2 bridgehead atoms. The van der Waals surface area contributed by atoms with Gasteiger partial charge in [-0.2, -0.15) is 0 Å². The Morgan fingerprint density at radius 3 is 2.26 bits per heavy atom.